The van der Waals surface area contributed by atoms with Gasteiger partial charge in [0.1, 0.15) is 0 Å². The summed E-state index contributed by atoms with van der Waals surface area (Å²) < 4.78 is 2.13. The highest BCUT2D eigenvalue weighted by Gasteiger charge is 2.09. The van der Waals surface area contributed by atoms with Gasteiger partial charge in [-0.2, -0.15) is 0 Å². The standard InChI is InChI=1S/C11H15Br2NO/c1-7(15)6-14-8(2)10-4-3-9(12)5-11(10)13/h3-5,7-8,14-15H,6H2,1-2H3/t7-,8?/m0/s1. The molecule has 1 aromatic rings. The summed E-state index contributed by atoms with van der Waals surface area (Å²) >= 11 is 6.94. The van der Waals surface area contributed by atoms with Crippen molar-refractivity contribution in [3.63, 3.8) is 0 Å². The predicted molar refractivity (Wildman–Crippen MR) is 69.9 cm³/mol. The number of aliphatic hydroxyl groups excluding tert-OH is 1. The van der Waals surface area contributed by atoms with Crippen LogP contribution in [0.1, 0.15) is 25.5 Å². The first-order valence-corrected chi connectivity index (χ1v) is 6.45. The van der Waals surface area contributed by atoms with Gasteiger partial charge in [0, 0.05) is 21.5 Å². The number of nitrogens with one attached hydrogen (secondary N) is 1. The first-order chi connectivity index (χ1) is 7.00. The number of benzene rings is 1. The third-order valence-corrected chi connectivity index (χ3v) is 3.33. The number of rotatable bonds is 4. The van der Waals surface area contributed by atoms with Crippen molar-refractivity contribution < 1.29 is 5.11 Å². The maximum absolute atomic E-state index is 9.18. The molecule has 1 unspecified atom stereocenters. The Morgan fingerprint density at radius 3 is 2.53 bits per heavy atom. The van der Waals surface area contributed by atoms with Crippen LogP contribution in [-0.2, 0) is 0 Å². The van der Waals surface area contributed by atoms with Crippen LogP contribution >= 0.6 is 31.9 Å². The topological polar surface area (TPSA) is 32.3 Å². The second-order valence-electron chi connectivity index (χ2n) is 3.64. The second kappa shape index (κ2) is 5.99. The maximum atomic E-state index is 9.18. The summed E-state index contributed by atoms with van der Waals surface area (Å²) in [7, 11) is 0. The van der Waals surface area contributed by atoms with Gasteiger partial charge in [0.2, 0.25) is 0 Å². The Morgan fingerprint density at radius 2 is 2.00 bits per heavy atom. The Balaban J connectivity index is 2.69. The van der Waals surface area contributed by atoms with Crippen molar-refractivity contribution in [2.24, 2.45) is 0 Å². The molecule has 0 aliphatic heterocycles. The highest BCUT2D eigenvalue weighted by Crippen LogP contribution is 2.26. The quantitative estimate of drug-likeness (QED) is 0.884. The van der Waals surface area contributed by atoms with E-state index >= 15 is 0 Å². The first-order valence-electron chi connectivity index (χ1n) is 4.87. The zero-order valence-electron chi connectivity index (χ0n) is 8.80. The number of hydrogen-bond acceptors (Lipinski definition) is 2. The number of hydrogen-bond donors (Lipinski definition) is 2. The van der Waals surface area contributed by atoms with Gasteiger partial charge < -0.3 is 10.4 Å². The molecule has 0 aromatic heterocycles. The van der Waals surface area contributed by atoms with Gasteiger partial charge in [-0.05, 0) is 31.5 Å². The summed E-state index contributed by atoms with van der Waals surface area (Å²) in [6, 6.07) is 6.33. The van der Waals surface area contributed by atoms with Crippen LogP contribution < -0.4 is 5.32 Å². The van der Waals surface area contributed by atoms with Crippen LogP contribution in [0, 0.1) is 0 Å². The van der Waals surface area contributed by atoms with E-state index in [1.165, 1.54) is 5.56 Å². The largest absolute Gasteiger partial charge is 0.392 e. The third-order valence-electron chi connectivity index (χ3n) is 2.15. The minimum atomic E-state index is -0.318. The van der Waals surface area contributed by atoms with Crippen LogP contribution in [-0.4, -0.2) is 17.8 Å². The summed E-state index contributed by atoms with van der Waals surface area (Å²) in [5.41, 5.74) is 1.19. The van der Waals surface area contributed by atoms with Crippen LogP contribution in [0.2, 0.25) is 0 Å². The summed E-state index contributed by atoms with van der Waals surface area (Å²) in [5.74, 6) is 0. The van der Waals surface area contributed by atoms with Gasteiger partial charge in [-0.3, -0.25) is 0 Å². The van der Waals surface area contributed by atoms with Gasteiger partial charge >= 0.3 is 0 Å². The van der Waals surface area contributed by atoms with Crippen LogP contribution in [0.25, 0.3) is 0 Å². The van der Waals surface area contributed by atoms with Gasteiger partial charge in [0.05, 0.1) is 6.10 Å². The smallest absolute Gasteiger partial charge is 0.0636 e. The zero-order chi connectivity index (χ0) is 11.4. The van der Waals surface area contributed by atoms with Crippen LogP contribution in [0.15, 0.2) is 27.1 Å². The lowest BCUT2D eigenvalue weighted by Gasteiger charge is -2.17. The lowest BCUT2D eigenvalue weighted by atomic mass is 10.1. The van der Waals surface area contributed by atoms with Crippen molar-refractivity contribution in [2.75, 3.05) is 6.54 Å². The van der Waals surface area contributed by atoms with Crippen molar-refractivity contribution in [3.05, 3.63) is 32.7 Å². The van der Waals surface area contributed by atoms with Crippen LogP contribution in [0.5, 0.6) is 0 Å². The fraction of sp³-hybridized carbons (Fsp3) is 0.455. The Labute approximate surface area is 107 Å². The molecule has 0 saturated carbocycles. The van der Waals surface area contributed by atoms with Gasteiger partial charge in [-0.1, -0.05) is 37.9 Å². The Hall–Kier alpha value is 0.1000. The van der Waals surface area contributed by atoms with E-state index in [0.717, 1.165) is 8.95 Å². The van der Waals surface area contributed by atoms with E-state index in [-0.39, 0.29) is 12.1 Å². The van der Waals surface area contributed by atoms with Crippen molar-refractivity contribution in [3.8, 4) is 0 Å². The predicted octanol–water partition coefficient (Wildman–Crippen LogP) is 3.24. The maximum Gasteiger partial charge on any atom is 0.0636 e. The molecule has 2 N–H and O–H groups in total. The van der Waals surface area contributed by atoms with Crippen LogP contribution in [0.3, 0.4) is 0 Å². The van der Waals surface area contributed by atoms with Crippen molar-refractivity contribution in [1.29, 1.82) is 0 Å². The lowest BCUT2D eigenvalue weighted by Crippen LogP contribution is -2.27. The molecule has 4 heteroatoms. The van der Waals surface area contributed by atoms with Crippen molar-refractivity contribution in [2.45, 2.75) is 26.0 Å². The molecule has 0 heterocycles. The molecule has 0 radical (unpaired) electrons. The Morgan fingerprint density at radius 1 is 1.33 bits per heavy atom. The molecular formula is C11H15Br2NO. The van der Waals surface area contributed by atoms with Gasteiger partial charge in [-0.15, -0.1) is 0 Å². The van der Waals surface area contributed by atoms with E-state index in [1.54, 1.807) is 6.92 Å². The van der Waals surface area contributed by atoms with E-state index in [0.29, 0.717) is 6.54 Å². The Bertz CT molecular complexity index is 328. The summed E-state index contributed by atoms with van der Waals surface area (Å²) in [5, 5.41) is 12.4. The molecule has 0 bridgehead atoms. The molecule has 0 aliphatic carbocycles. The fourth-order valence-corrected chi connectivity index (χ4v) is 2.70. The minimum absolute atomic E-state index is 0.224. The van der Waals surface area contributed by atoms with E-state index < -0.39 is 0 Å². The fourth-order valence-electron chi connectivity index (χ4n) is 1.31. The van der Waals surface area contributed by atoms with Gasteiger partial charge in [0.15, 0.2) is 0 Å². The average Bonchev–Trinajstić information content (AvgIpc) is 2.14. The third kappa shape index (κ3) is 4.23. The monoisotopic (exact) mass is 335 g/mol. The molecule has 0 amide bonds. The first kappa shape index (κ1) is 13.2. The Kier molecular flexibility index (Phi) is 5.26. The molecule has 0 spiro atoms. The second-order valence-corrected chi connectivity index (χ2v) is 5.41. The molecule has 1 aromatic carbocycles. The lowest BCUT2D eigenvalue weighted by molar-refractivity contribution is 0.187. The normalized spacial score (nSPS) is 15.0. The number of aliphatic hydroxyl groups is 1. The highest BCUT2D eigenvalue weighted by molar-refractivity contribution is 9.11. The van der Waals surface area contributed by atoms with E-state index in [1.807, 2.05) is 12.1 Å². The molecule has 0 saturated heterocycles. The summed E-state index contributed by atoms with van der Waals surface area (Å²) in [6.45, 7) is 4.45. The van der Waals surface area contributed by atoms with E-state index in [2.05, 4.69) is 50.2 Å². The summed E-state index contributed by atoms with van der Waals surface area (Å²) in [6.07, 6.45) is -0.318. The molecule has 1 rings (SSSR count). The summed E-state index contributed by atoms with van der Waals surface area (Å²) in [4.78, 5) is 0. The van der Waals surface area contributed by atoms with Crippen molar-refractivity contribution >= 4 is 31.9 Å². The molecule has 15 heavy (non-hydrogen) atoms. The molecule has 0 fully saturated rings. The average molecular weight is 337 g/mol. The molecule has 2 atom stereocenters. The van der Waals surface area contributed by atoms with E-state index in [4.69, 9.17) is 0 Å². The van der Waals surface area contributed by atoms with Crippen molar-refractivity contribution in [1.82, 2.24) is 5.32 Å². The molecular weight excluding hydrogens is 322 g/mol. The highest BCUT2D eigenvalue weighted by atomic mass is 79.9. The SMILES string of the molecule is CC(NC[C@H](C)O)c1ccc(Br)cc1Br. The molecule has 84 valence electrons. The van der Waals surface area contributed by atoms with E-state index in [9.17, 15) is 5.11 Å². The zero-order valence-corrected chi connectivity index (χ0v) is 12.0. The molecule has 0 aliphatic rings. The van der Waals surface area contributed by atoms with Gasteiger partial charge in [0.25, 0.3) is 0 Å². The minimum Gasteiger partial charge on any atom is -0.392 e. The van der Waals surface area contributed by atoms with Gasteiger partial charge in [-0.25, -0.2) is 0 Å². The number of halogens is 2. The molecule has 2 nitrogen and oxygen atoms in total. The van der Waals surface area contributed by atoms with Crippen LogP contribution in [0.4, 0.5) is 0 Å².